The molecule has 0 radical (unpaired) electrons. The van der Waals surface area contributed by atoms with Gasteiger partial charge in [0.25, 0.3) is 0 Å². The minimum absolute atomic E-state index is 0.0939. The predicted octanol–water partition coefficient (Wildman–Crippen LogP) is 4.42. The molecular weight excluding hydrogens is 332 g/mol. The van der Waals surface area contributed by atoms with Crippen molar-refractivity contribution in [2.45, 2.75) is 19.9 Å². The first-order valence-electron chi connectivity index (χ1n) is 6.39. The van der Waals surface area contributed by atoms with Gasteiger partial charge in [0.1, 0.15) is 16.6 Å². The molecule has 7 heteroatoms. The Morgan fingerprint density at radius 1 is 1.33 bits per heavy atom. The lowest BCUT2D eigenvalue weighted by molar-refractivity contribution is 0.629. The van der Waals surface area contributed by atoms with Crippen LogP contribution in [-0.4, -0.2) is 20.4 Å². The molecule has 0 aliphatic carbocycles. The van der Waals surface area contributed by atoms with Crippen LogP contribution in [0.25, 0.3) is 11.0 Å². The van der Waals surface area contributed by atoms with Gasteiger partial charge in [0.2, 0.25) is 0 Å². The van der Waals surface area contributed by atoms with Crippen LogP contribution in [0.2, 0.25) is 5.02 Å². The molecule has 0 amide bonds. The molecule has 2 heterocycles. The number of thiazole rings is 1. The number of hydrogen-bond donors (Lipinski definition) is 0. The predicted molar refractivity (Wildman–Crippen MR) is 85.1 cm³/mol. The van der Waals surface area contributed by atoms with E-state index in [0.717, 1.165) is 22.0 Å². The van der Waals surface area contributed by atoms with E-state index >= 15 is 0 Å². The quantitative estimate of drug-likeness (QED) is 0.656. The number of imidazole rings is 1. The number of hydrogen-bond acceptors (Lipinski definition) is 3. The van der Waals surface area contributed by atoms with Crippen LogP contribution >= 0.6 is 34.5 Å². The van der Waals surface area contributed by atoms with E-state index < -0.39 is 5.82 Å². The van der Waals surface area contributed by atoms with E-state index in [2.05, 4.69) is 9.97 Å². The Bertz CT molecular complexity index is 797. The van der Waals surface area contributed by atoms with Gasteiger partial charge in [-0.1, -0.05) is 11.6 Å². The summed E-state index contributed by atoms with van der Waals surface area (Å²) in [6.45, 7) is 2.54. The van der Waals surface area contributed by atoms with Gasteiger partial charge >= 0.3 is 0 Å². The summed E-state index contributed by atoms with van der Waals surface area (Å²) in [5, 5.41) is 3.07. The average molecular weight is 344 g/mol. The van der Waals surface area contributed by atoms with E-state index in [9.17, 15) is 4.39 Å². The number of aryl methyl sites for hydroxylation is 2. The Balaban J connectivity index is 2.12. The number of alkyl halides is 1. The summed E-state index contributed by atoms with van der Waals surface area (Å²) in [6, 6.07) is 2.97. The summed E-state index contributed by atoms with van der Waals surface area (Å²) in [5.41, 5.74) is 2.38. The molecule has 0 spiro atoms. The zero-order valence-corrected chi connectivity index (χ0v) is 13.6. The summed E-state index contributed by atoms with van der Waals surface area (Å²) in [6.07, 6.45) is 0.611. The van der Waals surface area contributed by atoms with Crippen molar-refractivity contribution in [3.63, 3.8) is 0 Å². The van der Waals surface area contributed by atoms with Crippen LogP contribution in [0.1, 0.15) is 16.5 Å². The maximum Gasteiger partial charge on any atom is 0.144 e. The van der Waals surface area contributed by atoms with Gasteiger partial charge < -0.3 is 4.57 Å². The Hall–Kier alpha value is -1.17. The molecule has 0 bridgehead atoms. The number of halogens is 3. The molecule has 0 aliphatic heterocycles. The van der Waals surface area contributed by atoms with Crippen molar-refractivity contribution in [3.05, 3.63) is 44.9 Å². The SMILES string of the molecule is Cc1csc(Cn2c(CCCl)nc3cc(F)c(Cl)cc32)n1. The number of rotatable bonds is 4. The molecule has 110 valence electrons. The largest absolute Gasteiger partial charge is 0.321 e. The lowest BCUT2D eigenvalue weighted by Gasteiger charge is -2.06. The molecule has 1 aromatic carbocycles. The highest BCUT2D eigenvalue weighted by Gasteiger charge is 2.14. The first-order valence-corrected chi connectivity index (χ1v) is 8.19. The van der Waals surface area contributed by atoms with Gasteiger partial charge in [-0.05, 0) is 13.0 Å². The highest BCUT2D eigenvalue weighted by atomic mass is 35.5. The van der Waals surface area contributed by atoms with E-state index in [0.29, 0.717) is 24.4 Å². The summed E-state index contributed by atoms with van der Waals surface area (Å²) in [4.78, 5) is 8.93. The van der Waals surface area contributed by atoms with Crippen LogP contribution in [0.4, 0.5) is 4.39 Å². The van der Waals surface area contributed by atoms with Crippen molar-refractivity contribution in [1.82, 2.24) is 14.5 Å². The molecule has 0 aliphatic rings. The van der Waals surface area contributed by atoms with Gasteiger partial charge in [-0.25, -0.2) is 14.4 Å². The maximum atomic E-state index is 13.6. The Labute approximate surface area is 135 Å². The fourth-order valence-electron chi connectivity index (χ4n) is 2.23. The van der Waals surface area contributed by atoms with Crippen molar-refractivity contribution in [2.75, 3.05) is 5.88 Å². The van der Waals surface area contributed by atoms with Gasteiger partial charge in [0, 0.05) is 29.4 Å². The molecule has 21 heavy (non-hydrogen) atoms. The summed E-state index contributed by atoms with van der Waals surface area (Å²) in [5.74, 6) is 0.807. The standard InChI is InChI=1S/C14H12Cl2FN3S/c1-8-7-21-14(18-8)6-20-12-4-9(16)10(17)5-11(12)19-13(20)2-3-15/h4-5,7H,2-3,6H2,1H3. The number of benzene rings is 1. The Morgan fingerprint density at radius 3 is 2.81 bits per heavy atom. The molecule has 0 unspecified atom stereocenters. The topological polar surface area (TPSA) is 30.7 Å². The highest BCUT2D eigenvalue weighted by Crippen LogP contribution is 2.25. The van der Waals surface area contributed by atoms with Crippen molar-refractivity contribution >= 4 is 45.6 Å². The molecule has 2 aromatic heterocycles. The van der Waals surface area contributed by atoms with E-state index in [1.165, 1.54) is 6.07 Å². The van der Waals surface area contributed by atoms with Crippen molar-refractivity contribution in [2.24, 2.45) is 0 Å². The van der Waals surface area contributed by atoms with Crippen LogP contribution in [0.3, 0.4) is 0 Å². The summed E-state index contributed by atoms with van der Waals surface area (Å²) >= 11 is 13.3. The molecular formula is C14H12Cl2FN3S. The van der Waals surface area contributed by atoms with Crippen molar-refractivity contribution in [3.8, 4) is 0 Å². The normalized spacial score (nSPS) is 11.4. The third kappa shape index (κ3) is 2.91. The molecule has 0 N–H and O–H groups in total. The highest BCUT2D eigenvalue weighted by molar-refractivity contribution is 7.09. The lowest BCUT2D eigenvalue weighted by Crippen LogP contribution is -2.06. The third-order valence-corrected chi connectivity index (χ3v) is 4.58. The van der Waals surface area contributed by atoms with E-state index in [4.69, 9.17) is 23.2 Å². The third-order valence-electron chi connectivity index (χ3n) is 3.15. The second-order valence-corrected chi connectivity index (χ2v) is 6.42. The van der Waals surface area contributed by atoms with Crippen molar-refractivity contribution < 1.29 is 4.39 Å². The molecule has 3 nitrogen and oxygen atoms in total. The number of nitrogens with zero attached hydrogens (tertiary/aromatic N) is 3. The summed E-state index contributed by atoms with van der Waals surface area (Å²) < 4.78 is 15.6. The van der Waals surface area contributed by atoms with E-state index in [1.807, 2.05) is 16.9 Å². The first kappa shape index (κ1) is 14.8. The van der Waals surface area contributed by atoms with Gasteiger partial charge in [0.05, 0.1) is 22.6 Å². The fraction of sp³-hybridized carbons (Fsp3) is 0.286. The maximum absolute atomic E-state index is 13.6. The molecule has 0 saturated carbocycles. The Morgan fingerprint density at radius 2 is 2.14 bits per heavy atom. The van der Waals surface area contributed by atoms with Gasteiger partial charge in [-0.15, -0.1) is 22.9 Å². The van der Waals surface area contributed by atoms with E-state index in [-0.39, 0.29) is 5.02 Å². The van der Waals surface area contributed by atoms with Crippen LogP contribution in [0.15, 0.2) is 17.5 Å². The fourth-order valence-corrected chi connectivity index (χ4v) is 3.32. The first-order chi connectivity index (χ1) is 10.1. The number of fused-ring (bicyclic) bond motifs is 1. The van der Waals surface area contributed by atoms with Crippen LogP contribution < -0.4 is 0 Å². The van der Waals surface area contributed by atoms with Crippen LogP contribution in [0.5, 0.6) is 0 Å². The van der Waals surface area contributed by atoms with Gasteiger partial charge in [-0.2, -0.15) is 0 Å². The Kier molecular flexibility index (Phi) is 4.15. The summed E-state index contributed by atoms with van der Waals surface area (Å²) in [7, 11) is 0. The second kappa shape index (κ2) is 5.91. The van der Waals surface area contributed by atoms with Crippen LogP contribution in [0, 0.1) is 12.7 Å². The molecule has 0 fully saturated rings. The van der Waals surface area contributed by atoms with E-state index in [1.54, 1.807) is 17.4 Å². The zero-order valence-electron chi connectivity index (χ0n) is 11.2. The van der Waals surface area contributed by atoms with Gasteiger partial charge in [-0.3, -0.25) is 0 Å². The lowest BCUT2D eigenvalue weighted by atomic mass is 10.3. The second-order valence-electron chi connectivity index (χ2n) is 4.69. The minimum atomic E-state index is -0.462. The smallest absolute Gasteiger partial charge is 0.144 e. The molecule has 3 rings (SSSR count). The minimum Gasteiger partial charge on any atom is -0.321 e. The van der Waals surface area contributed by atoms with Crippen molar-refractivity contribution in [1.29, 1.82) is 0 Å². The molecule has 0 atom stereocenters. The average Bonchev–Trinajstić information content (AvgIpc) is 2.97. The zero-order chi connectivity index (χ0) is 15.0. The monoisotopic (exact) mass is 343 g/mol. The van der Waals surface area contributed by atoms with Gasteiger partial charge in [0.15, 0.2) is 0 Å². The molecule has 3 aromatic rings. The van der Waals surface area contributed by atoms with Crippen LogP contribution in [-0.2, 0) is 13.0 Å². The number of aromatic nitrogens is 3. The molecule has 0 saturated heterocycles.